The predicted octanol–water partition coefficient (Wildman–Crippen LogP) is 4.69. The van der Waals surface area contributed by atoms with E-state index in [1.807, 2.05) is 0 Å². The van der Waals surface area contributed by atoms with Gasteiger partial charge in [0.1, 0.15) is 0 Å². The summed E-state index contributed by atoms with van der Waals surface area (Å²) in [4.78, 5) is 11.0. The number of hydrogen-bond acceptors (Lipinski definition) is 3. The van der Waals surface area contributed by atoms with Crippen molar-refractivity contribution >= 4 is 5.91 Å². The monoisotopic (exact) mass is 314 g/mol. The van der Waals surface area contributed by atoms with Crippen LogP contribution in [0.2, 0.25) is 0 Å². The number of hydroxylamine groups is 1. The molecule has 0 aliphatic carbocycles. The van der Waals surface area contributed by atoms with Crippen molar-refractivity contribution < 1.29 is 10.0 Å². The molecule has 1 unspecified atom stereocenters. The normalized spacial score (nSPS) is 12.3. The average molecular weight is 315 g/mol. The first kappa shape index (κ1) is 21.4. The number of unbranched alkanes of at least 4 members (excludes halogenated alkanes) is 13. The average Bonchev–Trinajstić information content (AvgIpc) is 2.54. The lowest BCUT2D eigenvalue weighted by Crippen LogP contribution is -2.38. The molecule has 1 atom stereocenters. The highest BCUT2D eigenvalue weighted by atomic mass is 16.5. The van der Waals surface area contributed by atoms with Gasteiger partial charge < -0.3 is 5.73 Å². The molecule has 22 heavy (non-hydrogen) atoms. The SMILES string of the molecule is CCCCCCCCCCCCCCCCC(N)C(=O)NO. The molecule has 0 saturated carbocycles. The fourth-order valence-corrected chi connectivity index (χ4v) is 2.77. The van der Waals surface area contributed by atoms with Crippen LogP contribution in [0.5, 0.6) is 0 Å². The molecule has 0 aliphatic rings. The van der Waals surface area contributed by atoms with Gasteiger partial charge in [-0.2, -0.15) is 0 Å². The molecule has 0 aromatic heterocycles. The second-order valence-corrected chi connectivity index (χ2v) is 6.47. The lowest BCUT2D eigenvalue weighted by atomic mass is 10.0. The number of carbonyl (C=O) groups is 1. The largest absolute Gasteiger partial charge is 0.320 e. The van der Waals surface area contributed by atoms with E-state index in [-0.39, 0.29) is 0 Å². The van der Waals surface area contributed by atoms with Crippen molar-refractivity contribution in [2.75, 3.05) is 0 Å². The molecular weight excluding hydrogens is 276 g/mol. The van der Waals surface area contributed by atoms with Crippen LogP contribution in [0.25, 0.3) is 0 Å². The second-order valence-electron chi connectivity index (χ2n) is 6.47. The Balaban J connectivity index is 3.10. The van der Waals surface area contributed by atoms with E-state index in [1.165, 1.54) is 77.0 Å². The maximum atomic E-state index is 11.0. The number of carbonyl (C=O) groups excluding carboxylic acids is 1. The van der Waals surface area contributed by atoms with Crippen molar-refractivity contribution in [3.63, 3.8) is 0 Å². The Kier molecular flexibility index (Phi) is 16.3. The third kappa shape index (κ3) is 14.3. The first-order chi connectivity index (χ1) is 10.7. The zero-order valence-electron chi connectivity index (χ0n) is 14.6. The molecule has 0 fully saturated rings. The second kappa shape index (κ2) is 16.8. The van der Waals surface area contributed by atoms with E-state index < -0.39 is 11.9 Å². The van der Waals surface area contributed by atoms with Gasteiger partial charge >= 0.3 is 0 Å². The highest BCUT2D eigenvalue weighted by Crippen LogP contribution is 2.13. The van der Waals surface area contributed by atoms with Crippen LogP contribution >= 0.6 is 0 Å². The Hall–Kier alpha value is -0.610. The number of nitrogens with two attached hydrogens (primary N) is 1. The van der Waals surface area contributed by atoms with E-state index in [9.17, 15) is 4.79 Å². The summed E-state index contributed by atoms with van der Waals surface area (Å²) in [5, 5.41) is 8.44. The molecule has 4 heteroatoms. The summed E-state index contributed by atoms with van der Waals surface area (Å²) in [6.07, 6.45) is 19.1. The number of rotatable bonds is 16. The first-order valence-corrected chi connectivity index (χ1v) is 9.42. The van der Waals surface area contributed by atoms with Gasteiger partial charge in [0, 0.05) is 0 Å². The summed E-state index contributed by atoms with van der Waals surface area (Å²) in [6, 6.07) is -0.567. The predicted molar refractivity (Wildman–Crippen MR) is 92.8 cm³/mol. The van der Waals surface area contributed by atoms with Crippen molar-refractivity contribution in [1.29, 1.82) is 0 Å². The zero-order chi connectivity index (χ0) is 16.5. The Labute approximate surface area is 137 Å². The van der Waals surface area contributed by atoms with Crippen molar-refractivity contribution in [2.24, 2.45) is 5.73 Å². The Bertz CT molecular complexity index is 247. The molecule has 0 aromatic carbocycles. The fraction of sp³-hybridized carbons (Fsp3) is 0.944. The molecule has 4 nitrogen and oxygen atoms in total. The Morgan fingerprint density at radius 2 is 1.18 bits per heavy atom. The van der Waals surface area contributed by atoms with Crippen molar-refractivity contribution in [1.82, 2.24) is 5.48 Å². The van der Waals surface area contributed by atoms with Gasteiger partial charge in [-0.3, -0.25) is 10.0 Å². The Morgan fingerprint density at radius 3 is 1.55 bits per heavy atom. The molecule has 0 aliphatic heterocycles. The highest BCUT2D eigenvalue weighted by Gasteiger charge is 2.10. The third-order valence-corrected chi connectivity index (χ3v) is 4.32. The maximum Gasteiger partial charge on any atom is 0.260 e. The first-order valence-electron chi connectivity index (χ1n) is 9.42. The van der Waals surface area contributed by atoms with E-state index in [4.69, 9.17) is 10.9 Å². The van der Waals surface area contributed by atoms with Crippen LogP contribution in [0.15, 0.2) is 0 Å². The molecular formula is C18H38N2O2. The number of amides is 1. The van der Waals surface area contributed by atoms with Gasteiger partial charge in [0.25, 0.3) is 5.91 Å². The minimum Gasteiger partial charge on any atom is -0.320 e. The fourth-order valence-electron chi connectivity index (χ4n) is 2.77. The zero-order valence-corrected chi connectivity index (χ0v) is 14.6. The van der Waals surface area contributed by atoms with Gasteiger partial charge in [0.15, 0.2) is 0 Å². The summed E-state index contributed by atoms with van der Waals surface area (Å²) < 4.78 is 0. The smallest absolute Gasteiger partial charge is 0.260 e. The number of hydrogen-bond donors (Lipinski definition) is 3. The van der Waals surface area contributed by atoms with Crippen LogP contribution in [-0.4, -0.2) is 17.2 Å². The standard InChI is InChI=1S/C18H38N2O2/c1-2-3-4-5-6-7-8-9-10-11-12-13-14-15-16-17(19)18(21)20-22/h17,22H,2-16,19H2,1H3,(H,20,21). The molecule has 0 saturated heterocycles. The van der Waals surface area contributed by atoms with E-state index in [2.05, 4.69) is 6.92 Å². The van der Waals surface area contributed by atoms with E-state index in [0.717, 1.165) is 12.8 Å². The van der Waals surface area contributed by atoms with Gasteiger partial charge in [-0.05, 0) is 6.42 Å². The molecule has 0 heterocycles. The van der Waals surface area contributed by atoms with E-state index in [0.29, 0.717) is 6.42 Å². The summed E-state index contributed by atoms with van der Waals surface area (Å²) in [5.41, 5.74) is 7.20. The molecule has 0 aromatic rings. The summed E-state index contributed by atoms with van der Waals surface area (Å²) in [6.45, 7) is 2.26. The quantitative estimate of drug-likeness (QED) is 0.220. The lowest BCUT2D eigenvalue weighted by Gasteiger charge is -2.08. The molecule has 0 bridgehead atoms. The summed E-state index contributed by atoms with van der Waals surface area (Å²) >= 11 is 0. The van der Waals surface area contributed by atoms with E-state index >= 15 is 0 Å². The molecule has 0 spiro atoms. The topological polar surface area (TPSA) is 75.4 Å². The van der Waals surface area contributed by atoms with Gasteiger partial charge in [-0.1, -0.05) is 96.8 Å². The highest BCUT2D eigenvalue weighted by molar-refractivity contribution is 5.80. The maximum absolute atomic E-state index is 11.0. The van der Waals surface area contributed by atoms with Crippen LogP contribution in [0, 0.1) is 0 Å². The van der Waals surface area contributed by atoms with Gasteiger partial charge in [0.05, 0.1) is 6.04 Å². The molecule has 132 valence electrons. The van der Waals surface area contributed by atoms with Crippen molar-refractivity contribution in [2.45, 2.75) is 109 Å². The molecule has 0 radical (unpaired) electrons. The summed E-state index contributed by atoms with van der Waals surface area (Å²) in [5.74, 6) is -0.477. The minimum absolute atomic E-state index is 0.477. The number of nitrogens with one attached hydrogen (secondary N) is 1. The minimum atomic E-state index is -0.567. The van der Waals surface area contributed by atoms with Crippen LogP contribution in [0.4, 0.5) is 0 Å². The Morgan fingerprint density at radius 1 is 0.818 bits per heavy atom. The third-order valence-electron chi connectivity index (χ3n) is 4.32. The van der Waals surface area contributed by atoms with Crippen molar-refractivity contribution in [3.8, 4) is 0 Å². The molecule has 0 rings (SSSR count). The molecule has 1 amide bonds. The summed E-state index contributed by atoms with van der Waals surface area (Å²) in [7, 11) is 0. The van der Waals surface area contributed by atoms with Crippen LogP contribution in [-0.2, 0) is 4.79 Å². The van der Waals surface area contributed by atoms with Crippen LogP contribution in [0.1, 0.15) is 103 Å². The van der Waals surface area contributed by atoms with Crippen LogP contribution < -0.4 is 11.2 Å². The van der Waals surface area contributed by atoms with Gasteiger partial charge in [-0.15, -0.1) is 0 Å². The van der Waals surface area contributed by atoms with Gasteiger partial charge in [0.2, 0.25) is 0 Å². The lowest BCUT2D eigenvalue weighted by molar-refractivity contribution is -0.130. The van der Waals surface area contributed by atoms with Crippen LogP contribution in [0.3, 0.4) is 0 Å². The van der Waals surface area contributed by atoms with Gasteiger partial charge in [-0.25, -0.2) is 5.48 Å². The van der Waals surface area contributed by atoms with E-state index in [1.54, 1.807) is 5.48 Å². The molecule has 4 N–H and O–H groups in total. The van der Waals surface area contributed by atoms with Crippen molar-refractivity contribution in [3.05, 3.63) is 0 Å².